The van der Waals surface area contributed by atoms with Gasteiger partial charge in [0.15, 0.2) is 0 Å². The van der Waals surface area contributed by atoms with E-state index in [1.165, 1.54) is 4.68 Å². The molecule has 0 bridgehead atoms. The zero-order valence-electron chi connectivity index (χ0n) is 10.9. The van der Waals surface area contributed by atoms with Gasteiger partial charge in [-0.2, -0.15) is 20.1 Å². The predicted molar refractivity (Wildman–Crippen MR) is 75.3 cm³/mol. The molecule has 2 aromatic heterocycles. The molecule has 102 valence electrons. The first kappa shape index (κ1) is 14.0. The number of aryl methyl sites for hydroxylation is 1. The van der Waals surface area contributed by atoms with E-state index >= 15 is 0 Å². The third-order valence-electron chi connectivity index (χ3n) is 2.67. The van der Waals surface area contributed by atoms with Crippen molar-refractivity contribution in [2.45, 2.75) is 20.8 Å². The molecule has 0 radical (unpaired) electrons. The van der Waals surface area contributed by atoms with Crippen molar-refractivity contribution in [1.82, 2.24) is 24.7 Å². The topological polar surface area (TPSA) is 59.7 Å². The molecule has 8 heteroatoms. The van der Waals surface area contributed by atoms with Gasteiger partial charge in [-0.3, -0.25) is 0 Å². The van der Waals surface area contributed by atoms with Crippen LogP contribution in [0.15, 0.2) is 6.20 Å². The van der Waals surface area contributed by atoms with Gasteiger partial charge in [0, 0.05) is 13.1 Å². The fraction of sp³-hybridized carbons (Fsp3) is 0.455. The molecule has 19 heavy (non-hydrogen) atoms. The second-order valence-electron chi connectivity index (χ2n) is 3.88. The maximum atomic E-state index is 5.98. The van der Waals surface area contributed by atoms with Gasteiger partial charge in [-0.25, -0.2) is 4.68 Å². The number of nitrogens with zero attached hydrogens (tertiary/aromatic N) is 6. The van der Waals surface area contributed by atoms with E-state index < -0.39 is 0 Å². The second kappa shape index (κ2) is 5.71. The van der Waals surface area contributed by atoms with Gasteiger partial charge >= 0.3 is 0 Å². The molecule has 0 aliphatic rings. The van der Waals surface area contributed by atoms with Gasteiger partial charge in [0.1, 0.15) is 0 Å². The highest BCUT2D eigenvalue weighted by atomic mass is 35.5. The Morgan fingerprint density at radius 3 is 2.37 bits per heavy atom. The normalized spacial score (nSPS) is 10.8. The standard InChI is InChI=1S/C11H14Cl2N6/c1-4-18(5-2)10-14-9(13)15-11(16-10)19-6-8(12)7(3)17-19/h6H,4-5H2,1-3H3. The van der Waals surface area contributed by atoms with Crippen molar-refractivity contribution in [2.75, 3.05) is 18.0 Å². The molecule has 0 aliphatic heterocycles. The summed E-state index contributed by atoms with van der Waals surface area (Å²) in [6.07, 6.45) is 1.65. The minimum atomic E-state index is 0.135. The smallest absolute Gasteiger partial charge is 0.256 e. The average Bonchev–Trinajstić information content (AvgIpc) is 2.71. The van der Waals surface area contributed by atoms with Crippen molar-refractivity contribution in [3.05, 3.63) is 22.2 Å². The van der Waals surface area contributed by atoms with Gasteiger partial charge in [0.2, 0.25) is 11.2 Å². The third-order valence-corrected chi connectivity index (χ3v) is 3.21. The summed E-state index contributed by atoms with van der Waals surface area (Å²) in [6, 6.07) is 0. The summed E-state index contributed by atoms with van der Waals surface area (Å²) in [5, 5.41) is 4.92. The van der Waals surface area contributed by atoms with Crippen molar-refractivity contribution in [1.29, 1.82) is 0 Å². The van der Waals surface area contributed by atoms with E-state index in [1.807, 2.05) is 25.7 Å². The van der Waals surface area contributed by atoms with E-state index in [9.17, 15) is 0 Å². The Morgan fingerprint density at radius 2 is 1.84 bits per heavy atom. The van der Waals surface area contributed by atoms with Gasteiger partial charge in [-0.1, -0.05) is 11.6 Å². The lowest BCUT2D eigenvalue weighted by atomic mass is 10.5. The van der Waals surface area contributed by atoms with Crippen LogP contribution in [0.3, 0.4) is 0 Å². The summed E-state index contributed by atoms with van der Waals surface area (Å²) in [4.78, 5) is 14.5. The van der Waals surface area contributed by atoms with E-state index in [4.69, 9.17) is 23.2 Å². The molecule has 0 saturated carbocycles. The number of hydrogen-bond donors (Lipinski definition) is 0. The van der Waals surface area contributed by atoms with Crippen molar-refractivity contribution in [2.24, 2.45) is 0 Å². The lowest BCUT2D eigenvalue weighted by molar-refractivity contribution is 0.755. The first-order chi connectivity index (χ1) is 9.05. The minimum Gasteiger partial charge on any atom is -0.341 e. The van der Waals surface area contributed by atoms with Crippen molar-refractivity contribution >= 4 is 29.2 Å². The fourth-order valence-corrected chi connectivity index (χ4v) is 1.90. The summed E-state index contributed by atoms with van der Waals surface area (Å²) >= 11 is 11.9. The molecular formula is C11H14Cl2N6. The predicted octanol–water partition coefficient (Wildman–Crippen LogP) is 2.52. The summed E-state index contributed by atoms with van der Waals surface area (Å²) in [7, 11) is 0. The van der Waals surface area contributed by atoms with Gasteiger partial charge in [-0.05, 0) is 32.4 Å². The SMILES string of the molecule is CCN(CC)c1nc(Cl)nc(-n2cc(Cl)c(C)n2)n1. The fourth-order valence-electron chi connectivity index (χ4n) is 1.62. The van der Waals surface area contributed by atoms with Gasteiger partial charge in [0.25, 0.3) is 5.95 Å². The van der Waals surface area contributed by atoms with Crippen LogP contribution in [0.1, 0.15) is 19.5 Å². The van der Waals surface area contributed by atoms with Gasteiger partial charge < -0.3 is 4.90 Å². The summed E-state index contributed by atoms with van der Waals surface area (Å²) in [5.41, 5.74) is 0.711. The zero-order valence-corrected chi connectivity index (χ0v) is 12.4. The minimum absolute atomic E-state index is 0.135. The Bertz CT molecular complexity index is 559. The Morgan fingerprint density at radius 1 is 1.16 bits per heavy atom. The molecule has 0 spiro atoms. The lowest BCUT2D eigenvalue weighted by Crippen LogP contribution is -2.25. The molecule has 2 heterocycles. The second-order valence-corrected chi connectivity index (χ2v) is 4.63. The average molecular weight is 301 g/mol. The largest absolute Gasteiger partial charge is 0.341 e. The third kappa shape index (κ3) is 2.96. The Kier molecular flexibility index (Phi) is 4.21. The van der Waals surface area contributed by atoms with Crippen LogP contribution in [0.25, 0.3) is 5.95 Å². The molecule has 6 nitrogen and oxygen atoms in total. The first-order valence-corrected chi connectivity index (χ1v) is 6.69. The first-order valence-electron chi connectivity index (χ1n) is 5.93. The van der Waals surface area contributed by atoms with Crippen LogP contribution in [-0.4, -0.2) is 37.8 Å². The summed E-state index contributed by atoms with van der Waals surface area (Å²) < 4.78 is 1.50. The van der Waals surface area contributed by atoms with Crippen LogP contribution in [0.4, 0.5) is 5.95 Å². The quantitative estimate of drug-likeness (QED) is 0.868. The van der Waals surface area contributed by atoms with Crippen LogP contribution < -0.4 is 4.90 Å². The molecule has 0 fully saturated rings. The molecule has 0 aromatic carbocycles. The van der Waals surface area contributed by atoms with Gasteiger partial charge in [0.05, 0.1) is 16.9 Å². The zero-order chi connectivity index (χ0) is 14.0. The number of halogens is 2. The van der Waals surface area contributed by atoms with E-state index in [0.717, 1.165) is 13.1 Å². The van der Waals surface area contributed by atoms with Crippen LogP contribution in [-0.2, 0) is 0 Å². The highest BCUT2D eigenvalue weighted by molar-refractivity contribution is 6.31. The Labute approximate surface area is 121 Å². The number of rotatable bonds is 4. The molecule has 0 unspecified atom stereocenters. The van der Waals surface area contributed by atoms with Crippen molar-refractivity contribution in [3.8, 4) is 5.95 Å². The van der Waals surface area contributed by atoms with E-state index in [-0.39, 0.29) is 5.28 Å². The maximum absolute atomic E-state index is 5.98. The van der Waals surface area contributed by atoms with Crippen LogP contribution in [0, 0.1) is 6.92 Å². The summed E-state index contributed by atoms with van der Waals surface area (Å²) in [6.45, 7) is 7.43. The highest BCUT2D eigenvalue weighted by Gasteiger charge is 2.13. The summed E-state index contributed by atoms with van der Waals surface area (Å²) in [5.74, 6) is 0.890. The Balaban J connectivity index is 2.46. The van der Waals surface area contributed by atoms with Crippen LogP contribution in [0.5, 0.6) is 0 Å². The maximum Gasteiger partial charge on any atom is 0.256 e. The molecule has 0 atom stereocenters. The van der Waals surface area contributed by atoms with E-state index in [1.54, 1.807) is 6.20 Å². The monoisotopic (exact) mass is 300 g/mol. The number of anilines is 1. The van der Waals surface area contributed by atoms with Crippen LogP contribution >= 0.6 is 23.2 Å². The highest BCUT2D eigenvalue weighted by Crippen LogP contribution is 2.17. The number of aromatic nitrogens is 5. The van der Waals surface area contributed by atoms with Gasteiger partial charge in [-0.15, -0.1) is 0 Å². The van der Waals surface area contributed by atoms with Crippen molar-refractivity contribution in [3.63, 3.8) is 0 Å². The Hall–Kier alpha value is -1.40. The van der Waals surface area contributed by atoms with E-state index in [2.05, 4.69) is 20.1 Å². The molecule has 0 N–H and O–H groups in total. The number of hydrogen-bond acceptors (Lipinski definition) is 5. The molecular weight excluding hydrogens is 287 g/mol. The van der Waals surface area contributed by atoms with E-state index in [0.29, 0.717) is 22.6 Å². The molecule has 0 amide bonds. The van der Waals surface area contributed by atoms with Crippen LogP contribution in [0.2, 0.25) is 10.3 Å². The molecule has 2 rings (SSSR count). The molecule has 0 saturated heterocycles. The van der Waals surface area contributed by atoms with Crippen molar-refractivity contribution < 1.29 is 0 Å². The molecule has 2 aromatic rings. The lowest BCUT2D eigenvalue weighted by Gasteiger charge is -2.18. The molecule has 0 aliphatic carbocycles.